The first kappa shape index (κ1) is 16.3. The highest BCUT2D eigenvalue weighted by Gasteiger charge is 2.32. The van der Waals surface area contributed by atoms with Crippen LogP contribution in [0, 0.1) is 0 Å². The molecule has 5 nitrogen and oxygen atoms in total. The lowest BCUT2D eigenvalue weighted by Crippen LogP contribution is -2.30. The first-order valence-electron chi connectivity index (χ1n) is 7.12. The fourth-order valence-corrected chi connectivity index (χ4v) is 2.43. The molecule has 126 valence electrons. The average molecular weight is 338 g/mol. The zero-order valence-corrected chi connectivity index (χ0v) is 12.4. The molecule has 1 aliphatic rings. The normalized spacial score (nSPS) is 13.6. The summed E-state index contributed by atoms with van der Waals surface area (Å²) in [6.45, 7) is 1.23. The average Bonchev–Trinajstić information content (AvgIpc) is 2.99. The van der Waals surface area contributed by atoms with Gasteiger partial charge in [0.05, 0.1) is 13.2 Å². The molecule has 1 amide bonds. The van der Waals surface area contributed by atoms with E-state index in [9.17, 15) is 22.8 Å². The van der Waals surface area contributed by atoms with Crippen molar-refractivity contribution in [2.75, 3.05) is 0 Å². The number of carbonyl (C=O) groups excluding carboxylic acids is 1. The van der Waals surface area contributed by atoms with Gasteiger partial charge in [-0.05, 0) is 28.8 Å². The summed E-state index contributed by atoms with van der Waals surface area (Å²) in [6, 6.07) is 7.15. The van der Waals surface area contributed by atoms with E-state index < -0.39 is 23.3 Å². The predicted octanol–water partition coefficient (Wildman–Crippen LogP) is 2.35. The molecule has 0 saturated heterocycles. The molecule has 0 bridgehead atoms. The smallest absolute Gasteiger partial charge is 0.372 e. The van der Waals surface area contributed by atoms with Crippen molar-refractivity contribution in [1.82, 2.24) is 10.3 Å². The van der Waals surface area contributed by atoms with Crippen LogP contribution in [0.4, 0.5) is 13.2 Å². The zero-order valence-electron chi connectivity index (χ0n) is 12.4. The quantitative estimate of drug-likeness (QED) is 0.902. The first-order valence-corrected chi connectivity index (χ1v) is 7.12. The number of rotatable bonds is 3. The second-order valence-electron chi connectivity index (χ2n) is 5.39. The van der Waals surface area contributed by atoms with Gasteiger partial charge in [0.25, 0.3) is 11.5 Å². The highest BCUT2D eigenvalue weighted by atomic mass is 19.4. The largest absolute Gasteiger partial charge is 0.431 e. The maximum atomic E-state index is 12.5. The van der Waals surface area contributed by atoms with Gasteiger partial charge in [-0.1, -0.05) is 18.2 Å². The van der Waals surface area contributed by atoms with Gasteiger partial charge in [-0.15, -0.1) is 0 Å². The van der Waals surface area contributed by atoms with Gasteiger partial charge < -0.3 is 15.0 Å². The van der Waals surface area contributed by atoms with Crippen LogP contribution in [0.2, 0.25) is 0 Å². The van der Waals surface area contributed by atoms with Crippen LogP contribution in [0.5, 0.6) is 0 Å². The molecule has 1 aromatic carbocycles. The molecule has 2 heterocycles. The van der Waals surface area contributed by atoms with Gasteiger partial charge in [0, 0.05) is 6.54 Å². The molecule has 0 unspecified atom stereocenters. The summed E-state index contributed by atoms with van der Waals surface area (Å²) in [7, 11) is 0. The number of fused-ring (bicyclic) bond motifs is 1. The minimum atomic E-state index is -4.67. The second kappa shape index (κ2) is 6.12. The van der Waals surface area contributed by atoms with E-state index in [0.717, 1.165) is 22.8 Å². The molecule has 24 heavy (non-hydrogen) atoms. The fraction of sp³-hybridized carbons (Fsp3) is 0.250. The van der Waals surface area contributed by atoms with Crippen molar-refractivity contribution < 1.29 is 22.7 Å². The van der Waals surface area contributed by atoms with E-state index in [4.69, 9.17) is 4.74 Å². The lowest BCUT2D eigenvalue weighted by Gasteiger charge is -2.08. The van der Waals surface area contributed by atoms with Crippen LogP contribution >= 0.6 is 0 Å². The zero-order chi connectivity index (χ0) is 17.3. The molecule has 8 heteroatoms. The number of hydrogen-bond donors (Lipinski definition) is 2. The Morgan fingerprint density at radius 3 is 2.62 bits per heavy atom. The summed E-state index contributed by atoms with van der Waals surface area (Å²) in [6.07, 6.45) is -4.67. The molecule has 0 radical (unpaired) electrons. The van der Waals surface area contributed by atoms with Crippen molar-refractivity contribution in [2.24, 2.45) is 0 Å². The molecule has 0 spiro atoms. The molecule has 2 aromatic rings. The summed E-state index contributed by atoms with van der Waals surface area (Å²) >= 11 is 0. The number of ether oxygens (including phenoxy) is 1. The van der Waals surface area contributed by atoms with Crippen LogP contribution in [0.1, 0.15) is 32.7 Å². The number of halogens is 3. The predicted molar refractivity (Wildman–Crippen MR) is 78.2 cm³/mol. The minimum absolute atomic E-state index is 0.159. The molecule has 1 aliphatic heterocycles. The molecule has 1 aromatic heterocycles. The molecular formula is C16H13F3N2O3. The molecule has 0 atom stereocenters. The highest BCUT2D eigenvalue weighted by Crippen LogP contribution is 2.26. The van der Waals surface area contributed by atoms with Crippen molar-refractivity contribution in [2.45, 2.75) is 25.9 Å². The van der Waals surface area contributed by atoms with E-state index in [1.54, 1.807) is 4.98 Å². The fourth-order valence-electron chi connectivity index (χ4n) is 2.43. The Kier molecular flexibility index (Phi) is 4.15. The number of amides is 1. The number of aromatic amines is 1. The van der Waals surface area contributed by atoms with Crippen molar-refractivity contribution in [3.8, 4) is 0 Å². The monoisotopic (exact) mass is 338 g/mol. The van der Waals surface area contributed by atoms with E-state index in [-0.39, 0.29) is 12.1 Å². The first-order chi connectivity index (χ1) is 11.3. The van der Waals surface area contributed by atoms with Crippen molar-refractivity contribution in [3.05, 3.63) is 68.6 Å². The van der Waals surface area contributed by atoms with Gasteiger partial charge in [-0.25, -0.2) is 0 Å². The third-order valence-corrected chi connectivity index (χ3v) is 3.70. The van der Waals surface area contributed by atoms with Crippen LogP contribution in [-0.2, 0) is 30.7 Å². The maximum Gasteiger partial charge on any atom is 0.431 e. The summed E-state index contributed by atoms with van der Waals surface area (Å²) in [5.41, 5.74) is 0.300. The van der Waals surface area contributed by atoms with E-state index in [1.165, 1.54) is 0 Å². The molecule has 0 saturated carbocycles. The summed E-state index contributed by atoms with van der Waals surface area (Å²) < 4.78 is 42.8. The SMILES string of the molecule is O=C(NCc1ccc2c(c1)COC2)c1ccc(C(F)(F)F)[nH]c1=O. The van der Waals surface area contributed by atoms with E-state index in [2.05, 4.69) is 5.32 Å². The van der Waals surface area contributed by atoms with Crippen LogP contribution in [0.15, 0.2) is 35.1 Å². The lowest BCUT2D eigenvalue weighted by molar-refractivity contribution is -0.141. The molecule has 3 rings (SSSR count). The molecular weight excluding hydrogens is 325 g/mol. The lowest BCUT2D eigenvalue weighted by atomic mass is 10.1. The van der Waals surface area contributed by atoms with Crippen molar-refractivity contribution >= 4 is 5.91 Å². The van der Waals surface area contributed by atoms with Crippen LogP contribution in [-0.4, -0.2) is 10.9 Å². The third-order valence-electron chi connectivity index (χ3n) is 3.70. The number of carbonyl (C=O) groups is 1. The number of aromatic nitrogens is 1. The number of hydrogen-bond acceptors (Lipinski definition) is 3. The summed E-state index contributed by atoms with van der Waals surface area (Å²) in [5, 5.41) is 2.52. The molecule has 2 N–H and O–H groups in total. The Bertz CT molecular complexity index is 843. The Morgan fingerprint density at radius 1 is 1.17 bits per heavy atom. The van der Waals surface area contributed by atoms with Gasteiger partial charge >= 0.3 is 6.18 Å². The number of benzene rings is 1. The van der Waals surface area contributed by atoms with Gasteiger partial charge in [0.1, 0.15) is 11.3 Å². The number of alkyl halides is 3. The van der Waals surface area contributed by atoms with Crippen molar-refractivity contribution in [3.63, 3.8) is 0 Å². The van der Waals surface area contributed by atoms with Crippen LogP contribution < -0.4 is 10.9 Å². The summed E-state index contributed by atoms with van der Waals surface area (Å²) in [5.74, 6) is -0.735. The second-order valence-corrected chi connectivity index (χ2v) is 5.39. The van der Waals surface area contributed by atoms with Crippen LogP contribution in [0.3, 0.4) is 0 Å². The van der Waals surface area contributed by atoms with Gasteiger partial charge in [-0.2, -0.15) is 13.2 Å². The molecule has 0 fully saturated rings. The minimum Gasteiger partial charge on any atom is -0.372 e. The van der Waals surface area contributed by atoms with Gasteiger partial charge in [0.15, 0.2) is 0 Å². The third kappa shape index (κ3) is 3.33. The van der Waals surface area contributed by atoms with E-state index >= 15 is 0 Å². The standard InChI is InChI=1S/C16H13F3N2O3/c17-16(18,19)13-4-3-12(15(23)21-13)14(22)20-6-9-1-2-10-7-24-8-11(10)5-9/h1-5H,6-8H2,(H,20,22)(H,21,23). The highest BCUT2D eigenvalue weighted by molar-refractivity contribution is 5.93. The molecule has 0 aliphatic carbocycles. The number of pyridine rings is 1. The van der Waals surface area contributed by atoms with Gasteiger partial charge in [-0.3, -0.25) is 9.59 Å². The maximum absolute atomic E-state index is 12.5. The van der Waals surface area contributed by atoms with E-state index in [1.807, 2.05) is 18.2 Å². The Labute approximate surface area is 134 Å². The topological polar surface area (TPSA) is 71.2 Å². The van der Waals surface area contributed by atoms with Crippen molar-refractivity contribution in [1.29, 1.82) is 0 Å². The van der Waals surface area contributed by atoms with Crippen LogP contribution in [0.25, 0.3) is 0 Å². The number of nitrogens with one attached hydrogen (secondary N) is 2. The Balaban J connectivity index is 1.70. The number of H-pyrrole nitrogens is 1. The Hall–Kier alpha value is -2.61. The van der Waals surface area contributed by atoms with Gasteiger partial charge in [0.2, 0.25) is 0 Å². The Morgan fingerprint density at radius 2 is 1.92 bits per heavy atom. The van der Waals surface area contributed by atoms with E-state index in [0.29, 0.717) is 19.3 Å². The summed E-state index contributed by atoms with van der Waals surface area (Å²) in [4.78, 5) is 25.3.